The Morgan fingerprint density at radius 3 is 2.59 bits per heavy atom. The van der Waals surface area contributed by atoms with E-state index in [1.165, 1.54) is 7.11 Å². The van der Waals surface area contributed by atoms with Crippen molar-refractivity contribution in [2.75, 3.05) is 12.4 Å². The van der Waals surface area contributed by atoms with E-state index >= 15 is 0 Å². The highest BCUT2D eigenvalue weighted by molar-refractivity contribution is 6.32. The summed E-state index contributed by atoms with van der Waals surface area (Å²) in [6, 6.07) is 13.2. The smallest absolute Gasteiger partial charge is 0.310 e. The van der Waals surface area contributed by atoms with Crippen molar-refractivity contribution in [2.45, 2.75) is 45.3 Å². The zero-order chi connectivity index (χ0) is 22.7. The van der Waals surface area contributed by atoms with Crippen molar-refractivity contribution in [3.8, 4) is 28.6 Å². The molecule has 168 valence electrons. The number of methoxy groups -OCH3 is 1. The molecule has 1 aromatic heterocycles. The zero-order valence-electron chi connectivity index (χ0n) is 18.3. The van der Waals surface area contributed by atoms with E-state index in [2.05, 4.69) is 15.5 Å². The van der Waals surface area contributed by atoms with Gasteiger partial charge in [-0.05, 0) is 69.2 Å². The maximum atomic E-state index is 12.0. The summed E-state index contributed by atoms with van der Waals surface area (Å²) in [4.78, 5) is 16.5. The molecule has 0 radical (unpaired) electrons. The van der Waals surface area contributed by atoms with Crippen LogP contribution in [0.5, 0.6) is 5.75 Å². The summed E-state index contributed by atoms with van der Waals surface area (Å²) in [5, 5.41) is 8.03. The van der Waals surface area contributed by atoms with Crippen LogP contribution in [-0.2, 0) is 9.53 Å². The number of esters is 1. The Labute approximate surface area is 192 Å². The van der Waals surface area contributed by atoms with E-state index < -0.39 is 0 Å². The summed E-state index contributed by atoms with van der Waals surface area (Å²) >= 11 is 6.33. The molecule has 1 saturated carbocycles. The highest BCUT2D eigenvalue weighted by Gasteiger charge is 2.33. The lowest BCUT2D eigenvalue weighted by Gasteiger charge is -2.20. The van der Waals surface area contributed by atoms with E-state index in [4.69, 9.17) is 25.6 Å². The Morgan fingerprint density at radius 2 is 1.91 bits per heavy atom. The minimum absolute atomic E-state index is 0.0348. The van der Waals surface area contributed by atoms with Crippen LogP contribution in [0.4, 0.5) is 5.69 Å². The molecular weight excluding hydrogens is 430 g/mol. The fraction of sp³-hybridized carbons (Fsp3) is 0.375. The fourth-order valence-corrected chi connectivity index (χ4v) is 4.16. The number of hydrogen-bond donors (Lipinski definition) is 1. The Kier molecular flexibility index (Phi) is 6.65. The Bertz CT molecular complexity index is 1080. The number of nitrogens with one attached hydrogen (secondary N) is 1. The normalized spacial score (nSPS) is 18.0. The molecule has 3 aromatic rings. The van der Waals surface area contributed by atoms with Gasteiger partial charge in [-0.2, -0.15) is 4.98 Å². The molecule has 1 unspecified atom stereocenters. The molecule has 1 fully saturated rings. The predicted octanol–water partition coefficient (Wildman–Crippen LogP) is 5.60. The number of hydrogen-bond acceptors (Lipinski definition) is 7. The van der Waals surface area contributed by atoms with Crippen LogP contribution >= 0.6 is 11.6 Å². The molecule has 0 amide bonds. The second-order valence-electron chi connectivity index (χ2n) is 8.12. The van der Waals surface area contributed by atoms with E-state index in [-0.39, 0.29) is 24.0 Å². The molecule has 1 heterocycles. The molecule has 0 spiro atoms. The minimum Gasteiger partial charge on any atom is -0.489 e. The number of nitrogens with zero attached hydrogens (tertiary/aromatic N) is 2. The number of anilines is 1. The van der Waals surface area contributed by atoms with Crippen molar-refractivity contribution >= 4 is 23.3 Å². The van der Waals surface area contributed by atoms with E-state index in [1.54, 1.807) is 12.1 Å². The fourth-order valence-electron chi connectivity index (χ4n) is 3.94. The second kappa shape index (κ2) is 9.61. The minimum atomic E-state index is -0.154. The molecule has 7 nitrogen and oxygen atoms in total. The van der Waals surface area contributed by atoms with Crippen LogP contribution in [0, 0.1) is 5.92 Å². The Hall–Kier alpha value is -3.06. The maximum absolute atomic E-state index is 12.0. The molecular formula is C24H26ClN3O4. The van der Waals surface area contributed by atoms with Gasteiger partial charge in [-0.25, -0.2) is 0 Å². The van der Waals surface area contributed by atoms with Crippen molar-refractivity contribution in [3.63, 3.8) is 0 Å². The average Bonchev–Trinajstić information content (AvgIpc) is 3.45. The molecule has 2 aromatic carbocycles. The third kappa shape index (κ3) is 4.88. The Balaban J connectivity index is 1.46. The number of rotatable bonds is 7. The topological polar surface area (TPSA) is 86.5 Å². The molecule has 0 bridgehead atoms. The lowest BCUT2D eigenvalue weighted by Crippen LogP contribution is -2.30. The van der Waals surface area contributed by atoms with Crippen molar-refractivity contribution in [1.82, 2.24) is 10.1 Å². The monoisotopic (exact) mass is 455 g/mol. The first-order valence-corrected chi connectivity index (χ1v) is 11.1. The number of benzene rings is 2. The summed E-state index contributed by atoms with van der Waals surface area (Å²) in [5.74, 6) is 1.22. The second-order valence-corrected chi connectivity index (χ2v) is 8.53. The molecule has 1 aliphatic rings. The molecule has 0 saturated heterocycles. The molecule has 1 N–H and O–H groups in total. The number of aromatic nitrogens is 2. The van der Waals surface area contributed by atoms with Gasteiger partial charge in [-0.3, -0.25) is 4.79 Å². The summed E-state index contributed by atoms with van der Waals surface area (Å²) < 4.78 is 16.1. The Morgan fingerprint density at radius 1 is 1.16 bits per heavy atom. The third-order valence-corrected chi connectivity index (χ3v) is 5.78. The summed E-state index contributed by atoms with van der Waals surface area (Å²) in [5.41, 5.74) is 2.48. The van der Waals surface area contributed by atoms with Gasteiger partial charge in [0.15, 0.2) is 0 Å². The number of carbonyl (C=O) groups is 1. The van der Waals surface area contributed by atoms with Crippen molar-refractivity contribution in [2.24, 2.45) is 5.92 Å². The van der Waals surface area contributed by atoms with E-state index in [0.717, 1.165) is 36.1 Å². The first-order valence-electron chi connectivity index (χ1n) is 10.7. The van der Waals surface area contributed by atoms with Gasteiger partial charge in [0.1, 0.15) is 5.75 Å². The standard InChI is InChI=1S/C24H26ClN3O4/c1-14(2)31-21-12-9-16(13-19(21)25)22-27-23(32-28-22)15-7-10-17(11-8-15)26-20-6-4-5-18(20)24(29)30-3/h7-14,18,20,26H,4-6H2,1-3H3/t18?,20-/m1/s1. The van der Waals surface area contributed by atoms with Crippen LogP contribution < -0.4 is 10.1 Å². The highest BCUT2D eigenvalue weighted by Crippen LogP contribution is 2.32. The quantitative estimate of drug-likeness (QED) is 0.464. The molecule has 2 atom stereocenters. The number of ether oxygens (including phenoxy) is 2. The van der Waals surface area contributed by atoms with E-state index in [9.17, 15) is 4.79 Å². The van der Waals surface area contributed by atoms with Crippen molar-refractivity contribution < 1.29 is 18.8 Å². The van der Waals surface area contributed by atoms with Crippen LogP contribution in [-0.4, -0.2) is 35.4 Å². The first-order chi connectivity index (χ1) is 15.4. The van der Waals surface area contributed by atoms with Crippen molar-refractivity contribution in [3.05, 3.63) is 47.5 Å². The molecule has 0 aliphatic heterocycles. The number of carbonyl (C=O) groups excluding carboxylic acids is 1. The van der Waals surface area contributed by atoms with Gasteiger partial charge in [-0.15, -0.1) is 0 Å². The van der Waals surface area contributed by atoms with Crippen molar-refractivity contribution in [1.29, 1.82) is 0 Å². The SMILES string of the molecule is COC(=O)C1CCC[C@H]1Nc1ccc(-c2nc(-c3ccc(OC(C)C)c(Cl)c3)no2)cc1. The van der Waals surface area contributed by atoms with Crippen LogP contribution in [0.3, 0.4) is 0 Å². The molecule has 4 rings (SSSR count). The first kappa shape index (κ1) is 22.1. The average molecular weight is 456 g/mol. The summed E-state index contributed by atoms with van der Waals surface area (Å²) in [6.07, 6.45) is 2.84. The van der Waals surface area contributed by atoms with E-state index in [0.29, 0.717) is 22.5 Å². The van der Waals surface area contributed by atoms with Gasteiger partial charge in [0.2, 0.25) is 5.82 Å². The third-order valence-electron chi connectivity index (χ3n) is 5.48. The van der Waals surface area contributed by atoms with Gasteiger partial charge >= 0.3 is 5.97 Å². The van der Waals surface area contributed by atoms with Gasteiger partial charge < -0.3 is 19.3 Å². The maximum Gasteiger partial charge on any atom is 0.310 e. The van der Waals surface area contributed by atoms with Gasteiger partial charge in [0.25, 0.3) is 5.89 Å². The summed E-state index contributed by atoms with van der Waals surface area (Å²) in [6.45, 7) is 3.89. The van der Waals surface area contributed by atoms with Crippen LogP contribution in [0.1, 0.15) is 33.1 Å². The lowest BCUT2D eigenvalue weighted by molar-refractivity contribution is -0.145. The van der Waals surface area contributed by atoms with Gasteiger partial charge in [0.05, 0.1) is 24.2 Å². The lowest BCUT2D eigenvalue weighted by atomic mass is 10.0. The predicted molar refractivity (Wildman–Crippen MR) is 123 cm³/mol. The van der Waals surface area contributed by atoms with Gasteiger partial charge in [-0.1, -0.05) is 23.2 Å². The van der Waals surface area contributed by atoms with Crippen LogP contribution in [0.2, 0.25) is 5.02 Å². The van der Waals surface area contributed by atoms with E-state index in [1.807, 2.05) is 44.2 Å². The van der Waals surface area contributed by atoms with Crippen LogP contribution in [0.15, 0.2) is 47.0 Å². The highest BCUT2D eigenvalue weighted by atomic mass is 35.5. The molecule has 32 heavy (non-hydrogen) atoms. The largest absolute Gasteiger partial charge is 0.489 e. The zero-order valence-corrected chi connectivity index (χ0v) is 19.1. The van der Waals surface area contributed by atoms with Gasteiger partial charge in [0, 0.05) is 22.9 Å². The molecule has 8 heteroatoms. The summed E-state index contributed by atoms with van der Waals surface area (Å²) in [7, 11) is 1.44. The molecule has 1 aliphatic carbocycles. The number of halogens is 1. The van der Waals surface area contributed by atoms with Crippen LogP contribution in [0.25, 0.3) is 22.8 Å².